The van der Waals surface area contributed by atoms with Crippen LogP contribution < -0.4 is 15.0 Å². The molecule has 2 aliphatic rings. The number of amides is 2. The van der Waals surface area contributed by atoms with Crippen LogP contribution in [0.25, 0.3) is 17.1 Å². The number of fused-ring (bicyclic) bond motifs is 2. The summed E-state index contributed by atoms with van der Waals surface area (Å²) in [5.74, 6) is 0.310. The molecule has 1 fully saturated rings. The number of hydrogen-bond acceptors (Lipinski definition) is 6. The van der Waals surface area contributed by atoms with Crippen molar-refractivity contribution >= 4 is 62.9 Å². The number of ether oxygens (including phenoxy) is 1. The first-order chi connectivity index (χ1) is 15.4. The third-order valence-electron chi connectivity index (χ3n) is 5.40. The largest absolute Gasteiger partial charge is 0.482 e. The van der Waals surface area contributed by atoms with Gasteiger partial charge >= 0.3 is 0 Å². The van der Waals surface area contributed by atoms with E-state index in [1.807, 2.05) is 36.7 Å². The van der Waals surface area contributed by atoms with Gasteiger partial charge in [-0.15, -0.1) is 0 Å². The molecule has 0 spiro atoms. The summed E-state index contributed by atoms with van der Waals surface area (Å²) in [5.41, 5.74) is 4.44. The fourth-order valence-electron chi connectivity index (χ4n) is 3.82. The van der Waals surface area contributed by atoms with E-state index in [9.17, 15) is 9.59 Å². The van der Waals surface area contributed by atoms with Crippen LogP contribution in [0.4, 0.5) is 5.69 Å². The minimum Gasteiger partial charge on any atom is -0.482 e. The summed E-state index contributed by atoms with van der Waals surface area (Å²) in [4.78, 5) is 31.5. The molecule has 3 heterocycles. The lowest BCUT2D eigenvalue weighted by Crippen LogP contribution is -2.38. The number of imidazole rings is 1. The van der Waals surface area contributed by atoms with Crippen LogP contribution in [0.1, 0.15) is 31.0 Å². The Hall–Kier alpha value is -3.17. The molecule has 1 saturated heterocycles. The lowest BCUT2D eigenvalue weighted by Gasteiger charge is -2.30. The number of anilines is 1. The summed E-state index contributed by atoms with van der Waals surface area (Å²) < 4.78 is 8.20. The highest BCUT2D eigenvalue weighted by Gasteiger charge is 2.27. The van der Waals surface area contributed by atoms with Gasteiger partial charge in [-0.05, 0) is 55.3 Å². The SMILES string of the molecule is CC(C)n1cnc2ccc(CN3C(=O)COc4ccc(C=C5SC(=S)NC5=O)cc43)cc21. The highest BCUT2D eigenvalue weighted by molar-refractivity contribution is 8.26. The maximum atomic E-state index is 12.8. The standard InChI is InChI=1S/C23H20N4O3S2/c1-13(2)27-12-24-16-5-3-15(8-17(16)27)10-26-18-7-14(4-6-19(18)30-11-21(26)28)9-20-22(29)25-23(31)32-20/h3-9,12-13H,10-11H2,1-2H3,(H,25,29,31). The van der Waals surface area contributed by atoms with Crippen LogP contribution in [0.5, 0.6) is 5.75 Å². The quantitative estimate of drug-likeness (QED) is 0.464. The molecule has 5 rings (SSSR count). The molecule has 0 radical (unpaired) electrons. The van der Waals surface area contributed by atoms with Gasteiger partial charge in [0, 0.05) is 6.04 Å². The number of nitrogens with zero attached hydrogens (tertiary/aromatic N) is 3. The molecule has 0 aliphatic carbocycles. The fraction of sp³-hybridized carbons (Fsp3) is 0.217. The molecule has 9 heteroatoms. The van der Waals surface area contributed by atoms with Crippen LogP contribution in [-0.4, -0.2) is 32.3 Å². The van der Waals surface area contributed by atoms with Crippen molar-refractivity contribution in [3.8, 4) is 5.75 Å². The van der Waals surface area contributed by atoms with Gasteiger partial charge in [-0.2, -0.15) is 0 Å². The summed E-state index contributed by atoms with van der Waals surface area (Å²) in [6, 6.07) is 11.9. The molecule has 1 aromatic heterocycles. The maximum absolute atomic E-state index is 12.8. The number of carbonyl (C=O) groups is 2. The number of nitrogens with one attached hydrogen (secondary N) is 1. The number of hydrogen-bond donors (Lipinski definition) is 1. The predicted molar refractivity (Wildman–Crippen MR) is 130 cm³/mol. The number of thioether (sulfide) groups is 1. The molecule has 2 aliphatic heterocycles. The fourth-order valence-corrected chi connectivity index (χ4v) is 4.86. The summed E-state index contributed by atoms with van der Waals surface area (Å²) >= 11 is 6.28. The summed E-state index contributed by atoms with van der Waals surface area (Å²) in [5, 5.41) is 2.61. The van der Waals surface area contributed by atoms with Crippen molar-refractivity contribution in [1.82, 2.24) is 14.9 Å². The first-order valence-corrected chi connectivity index (χ1v) is 11.4. The van der Waals surface area contributed by atoms with E-state index in [0.717, 1.165) is 22.2 Å². The number of thiocarbonyl (C=S) groups is 1. The molecule has 0 atom stereocenters. The zero-order valence-corrected chi connectivity index (χ0v) is 19.1. The van der Waals surface area contributed by atoms with Gasteiger partial charge in [0.25, 0.3) is 11.8 Å². The van der Waals surface area contributed by atoms with Crippen molar-refractivity contribution < 1.29 is 14.3 Å². The molecular weight excluding hydrogens is 444 g/mol. The topological polar surface area (TPSA) is 76.5 Å². The summed E-state index contributed by atoms with van der Waals surface area (Å²) in [7, 11) is 0. The molecule has 0 bridgehead atoms. The van der Waals surface area contributed by atoms with E-state index >= 15 is 0 Å². The highest BCUT2D eigenvalue weighted by atomic mass is 32.2. The van der Waals surface area contributed by atoms with Crippen LogP contribution in [0.15, 0.2) is 47.6 Å². The number of aromatic nitrogens is 2. The van der Waals surface area contributed by atoms with Crippen molar-refractivity contribution in [2.45, 2.75) is 26.4 Å². The van der Waals surface area contributed by atoms with Gasteiger partial charge in [0.1, 0.15) is 10.1 Å². The number of benzene rings is 2. The first kappa shape index (κ1) is 20.7. The first-order valence-electron chi connectivity index (χ1n) is 10.2. The van der Waals surface area contributed by atoms with Gasteiger partial charge in [-0.1, -0.05) is 36.1 Å². The Labute approximate surface area is 194 Å². The third-order valence-corrected chi connectivity index (χ3v) is 6.56. The molecule has 0 saturated carbocycles. The Morgan fingerprint density at radius 3 is 2.84 bits per heavy atom. The van der Waals surface area contributed by atoms with Crippen molar-refractivity contribution in [3.05, 3.63) is 58.8 Å². The second-order valence-electron chi connectivity index (χ2n) is 7.92. The minimum atomic E-state index is -0.211. The van der Waals surface area contributed by atoms with Gasteiger partial charge in [-0.3, -0.25) is 9.59 Å². The summed E-state index contributed by atoms with van der Waals surface area (Å²) in [6.45, 7) is 4.63. The van der Waals surface area contributed by atoms with E-state index in [1.165, 1.54) is 11.8 Å². The van der Waals surface area contributed by atoms with E-state index in [-0.39, 0.29) is 24.5 Å². The Morgan fingerprint density at radius 2 is 2.09 bits per heavy atom. The Bertz CT molecular complexity index is 1310. The minimum absolute atomic E-state index is 0.00780. The molecule has 2 aromatic carbocycles. The van der Waals surface area contributed by atoms with Gasteiger partial charge in [0.05, 0.1) is 34.5 Å². The average molecular weight is 465 g/mol. The van der Waals surface area contributed by atoms with Crippen molar-refractivity contribution in [2.24, 2.45) is 0 Å². The smallest absolute Gasteiger partial charge is 0.265 e. The number of carbonyl (C=O) groups excluding carboxylic acids is 2. The van der Waals surface area contributed by atoms with E-state index in [2.05, 4.69) is 34.8 Å². The van der Waals surface area contributed by atoms with Crippen LogP contribution in [0.3, 0.4) is 0 Å². The lowest BCUT2D eigenvalue weighted by molar-refractivity contribution is -0.121. The van der Waals surface area contributed by atoms with Gasteiger partial charge in [0.15, 0.2) is 6.61 Å². The van der Waals surface area contributed by atoms with Crippen molar-refractivity contribution in [3.63, 3.8) is 0 Å². The van der Waals surface area contributed by atoms with Gasteiger partial charge < -0.3 is 19.5 Å². The Morgan fingerprint density at radius 1 is 1.25 bits per heavy atom. The zero-order chi connectivity index (χ0) is 22.4. The van der Waals surface area contributed by atoms with Crippen molar-refractivity contribution in [2.75, 3.05) is 11.5 Å². The van der Waals surface area contributed by atoms with Crippen molar-refractivity contribution in [1.29, 1.82) is 0 Å². The lowest BCUT2D eigenvalue weighted by atomic mass is 10.1. The second kappa shape index (κ2) is 8.07. The molecule has 7 nitrogen and oxygen atoms in total. The summed E-state index contributed by atoms with van der Waals surface area (Å²) in [6.07, 6.45) is 3.61. The predicted octanol–water partition coefficient (Wildman–Crippen LogP) is 4.03. The normalized spacial score (nSPS) is 17.3. The maximum Gasteiger partial charge on any atom is 0.265 e. The molecule has 1 N–H and O–H groups in total. The highest BCUT2D eigenvalue weighted by Crippen LogP contribution is 2.36. The van der Waals surface area contributed by atoms with Gasteiger partial charge in [-0.25, -0.2) is 4.98 Å². The van der Waals surface area contributed by atoms with Crippen LogP contribution in [0, 0.1) is 0 Å². The van der Waals surface area contributed by atoms with E-state index in [0.29, 0.717) is 27.2 Å². The number of rotatable bonds is 4. The van der Waals surface area contributed by atoms with Crippen LogP contribution in [-0.2, 0) is 16.1 Å². The van der Waals surface area contributed by atoms with Gasteiger partial charge in [0.2, 0.25) is 0 Å². The Balaban J connectivity index is 1.49. The molecule has 2 amide bonds. The van der Waals surface area contributed by atoms with E-state index < -0.39 is 0 Å². The monoisotopic (exact) mass is 464 g/mol. The van der Waals surface area contributed by atoms with E-state index in [1.54, 1.807) is 11.0 Å². The molecule has 32 heavy (non-hydrogen) atoms. The zero-order valence-electron chi connectivity index (χ0n) is 17.5. The average Bonchev–Trinajstić information content (AvgIpc) is 3.32. The molecule has 3 aromatic rings. The molecule has 0 unspecified atom stereocenters. The Kier molecular flexibility index (Phi) is 5.22. The third kappa shape index (κ3) is 3.78. The van der Waals surface area contributed by atoms with Crippen LogP contribution in [0.2, 0.25) is 0 Å². The van der Waals surface area contributed by atoms with E-state index in [4.69, 9.17) is 17.0 Å². The van der Waals surface area contributed by atoms with Crippen LogP contribution >= 0.6 is 24.0 Å². The molecular formula is C23H20N4O3S2. The molecule has 162 valence electrons. The second-order valence-corrected chi connectivity index (χ2v) is 9.64.